The molecule has 202 valence electrons. The lowest BCUT2D eigenvalue weighted by molar-refractivity contribution is -0.274. The molecule has 0 aliphatic rings. The van der Waals surface area contributed by atoms with Crippen LogP contribution in [0.1, 0.15) is 49.0 Å². The van der Waals surface area contributed by atoms with Crippen LogP contribution in [0.25, 0.3) is 11.1 Å². The average Bonchev–Trinajstić information content (AvgIpc) is 2.87. The summed E-state index contributed by atoms with van der Waals surface area (Å²) < 4.78 is 75.6. The topological polar surface area (TPSA) is 64.6 Å². The van der Waals surface area contributed by atoms with Gasteiger partial charge in [0.15, 0.2) is 5.78 Å². The third-order valence-corrected chi connectivity index (χ3v) is 5.95. The zero-order valence-corrected chi connectivity index (χ0v) is 20.7. The number of carbonyl (C=O) groups is 2. The molecule has 38 heavy (non-hydrogen) atoms. The van der Waals surface area contributed by atoms with Crippen LogP contribution in [-0.4, -0.2) is 24.8 Å². The van der Waals surface area contributed by atoms with Gasteiger partial charge in [0.1, 0.15) is 22.9 Å². The third kappa shape index (κ3) is 6.67. The van der Waals surface area contributed by atoms with E-state index in [9.17, 15) is 31.5 Å². The summed E-state index contributed by atoms with van der Waals surface area (Å²) in [7, 11) is 0. The van der Waals surface area contributed by atoms with Gasteiger partial charge in [-0.3, -0.25) is 4.79 Å². The molecule has 10 heteroatoms. The van der Waals surface area contributed by atoms with Gasteiger partial charge in [-0.15, -0.1) is 13.2 Å². The van der Waals surface area contributed by atoms with E-state index in [4.69, 9.17) is 4.74 Å². The number of benzene rings is 3. The number of alkyl halides is 3. The monoisotopic (exact) mass is 535 g/mol. The molecule has 0 radical (unpaired) electrons. The number of hydrogen-bond acceptors (Lipinski definition) is 4. The molecule has 5 nitrogen and oxygen atoms in total. The Hall–Kier alpha value is -3.95. The van der Waals surface area contributed by atoms with Crippen molar-refractivity contribution in [2.45, 2.75) is 45.0 Å². The second-order valence-corrected chi connectivity index (χ2v) is 8.45. The first-order chi connectivity index (χ1) is 18.0. The second kappa shape index (κ2) is 12.1. The Morgan fingerprint density at radius 1 is 0.842 bits per heavy atom. The molecule has 1 unspecified atom stereocenters. The first-order valence-corrected chi connectivity index (χ1v) is 11.9. The molecule has 3 rings (SSSR count). The van der Waals surface area contributed by atoms with Gasteiger partial charge in [-0.2, -0.15) is 0 Å². The molecule has 0 saturated heterocycles. The van der Waals surface area contributed by atoms with E-state index < -0.39 is 41.0 Å². The first-order valence-electron chi connectivity index (χ1n) is 11.9. The average molecular weight is 536 g/mol. The minimum Gasteiger partial charge on any atom is -0.450 e. The minimum atomic E-state index is -4.82. The highest BCUT2D eigenvalue weighted by molar-refractivity contribution is 6.05. The van der Waals surface area contributed by atoms with Gasteiger partial charge in [0.2, 0.25) is 0 Å². The van der Waals surface area contributed by atoms with Crippen LogP contribution in [0.4, 0.5) is 26.7 Å². The number of ketones is 1. The van der Waals surface area contributed by atoms with Gasteiger partial charge in [0.25, 0.3) is 0 Å². The van der Waals surface area contributed by atoms with E-state index in [-0.39, 0.29) is 24.3 Å². The SMILES string of the molecule is CCCCOC(=O)NC(CC)(C(=O)c1c(F)cccc1F)c1ccc(-c2ccc(OC(F)(F)F)cc2)cc1. The number of halogens is 5. The normalized spacial score (nSPS) is 12.9. The second-order valence-electron chi connectivity index (χ2n) is 8.45. The number of ether oxygens (including phenoxy) is 2. The maximum atomic E-state index is 14.6. The third-order valence-electron chi connectivity index (χ3n) is 5.95. The lowest BCUT2D eigenvalue weighted by Crippen LogP contribution is -2.52. The van der Waals surface area contributed by atoms with Gasteiger partial charge in [0.05, 0.1) is 12.2 Å². The van der Waals surface area contributed by atoms with E-state index in [1.165, 1.54) is 24.3 Å². The van der Waals surface area contributed by atoms with Gasteiger partial charge in [-0.25, -0.2) is 13.6 Å². The summed E-state index contributed by atoms with van der Waals surface area (Å²) in [6.07, 6.45) is -4.46. The molecule has 0 spiro atoms. The van der Waals surface area contributed by atoms with Crippen molar-refractivity contribution in [3.05, 3.63) is 89.5 Å². The van der Waals surface area contributed by atoms with Crippen molar-refractivity contribution in [1.29, 1.82) is 0 Å². The lowest BCUT2D eigenvalue weighted by Gasteiger charge is -2.33. The van der Waals surface area contributed by atoms with Gasteiger partial charge in [-0.1, -0.05) is 62.7 Å². The van der Waals surface area contributed by atoms with Crippen molar-refractivity contribution in [3.8, 4) is 16.9 Å². The molecule has 0 aliphatic heterocycles. The summed E-state index contributed by atoms with van der Waals surface area (Å²) in [4.78, 5) is 26.3. The summed E-state index contributed by atoms with van der Waals surface area (Å²) >= 11 is 0. The fourth-order valence-corrected chi connectivity index (χ4v) is 3.96. The maximum Gasteiger partial charge on any atom is 0.573 e. The van der Waals surface area contributed by atoms with Crippen LogP contribution in [0.15, 0.2) is 66.7 Å². The highest BCUT2D eigenvalue weighted by atomic mass is 19.4. The highest BCUT2D eigenvalue weighted by Gasteiger charge is 2.43. The number of rotatable bonds is 10. The molecule has 0 fully saturated rings. The fourth-order valence-electron chi connectivity index (χ4n) is 3.96. The lowest BCUT2D eigenvalue weighted by atomic mass is 9.79. The summed E-state index contributed by atoms with van der Waals surface area (Å²) in [5.41, 5.74) is -1.30. The standard InChI is InChI=1S/C28H26F5NO4/c1-3-5-17-37-26(36)34-27(4-2,25(35)24-22(29)7-6-8-23(24)30)20-13-9-18(10-14-20)19-11-15-21(16-12-19)38-28(31,32)33/h6-16H,3-5,17H2,1-2H3,(H,34,36). The molecule has 0 bridgehead atoms. The Bertz CT molecular complexity index is 1240. The van der Waals surface area contributed by atoms with Crippen molar-refractivity contribution in [2.24, 2.45) is 0 Å². The molecule has 3 aromatic carbocycles. The molecule has 3 aromatic rings. The van der Waals surface area contributed by atoms with E-state index in [0.29, 0.717) is 17.5 Å². The molecule has 0 aliphatic carbocycles. The van der Waals surface area contributed by atoms with Crippen LogP contribution >= 0.6 is 0 Å². The molecule has 0 saturated carbocycles. The Balaban J connectivity index is 1.99. The summed E-state index contributed by atoms with van der Waals surface area (Å²) in [6, 6.07) is 14.3. The van der Waals surface area contributed by atoms with Crippen LogP contribution in [-0.2, 0) is 10.3 Å². The van der Waals surface area contributed by atoms with Crippen LogP contribution < -0.4 is 10.1 Å². The maximum absolute atomic E-state index is 14.6. The fraction of sp³-hybridized carbons (Fsp3) is 0.286. The number of unbranched alkanes of at least 4 members (excludes halogenated alkanes) is 1. The summed E-state index contributed by atoms with van der Waals surface area (Å²) in [5.74, 6) is -3.53. The Labute approximate surface area is 216 Å². The summed E-state index contributed by atoms with van der Waals surface area (Å²) in [6.45, 7) is 3.58. The van der Waals surface area contributed by atoms with Gasteiger partial charge >= 0.3 is 12.5 Å². The number of carbonyl (C=O) groups excluding carboxylic acids is 2. The predicted octanol–water partition coefficient (Wildman–Crippen LogP) is 7.54. The quantitative estimate of drug-likeness (QED) is 0.165. The van der Waals surface area contributed by atoms with Crippen LogP contribution in [0.3, 0.4) is 0 Å². The molecule has 0 aromatic heterocycles. The largest absolute Gasteiger partial charge is 0.573 e. The van der Waals surface area contributed by atoms with Gasteiger partial charge in [0, 0.05) is 0 Å². The number of hydrogen-bond donors (Lipinski definition) is 1. The summed E-state index contributed by atoms with van der Waals surface area (Å²) in [5, 5.41) is 2.53. The molecular formula is C28H26F5NO4. The van der Waals surface area contributed by atoms with Crippen molar-refractivity contribution in [3.63, 3.8) is 0 Å². The number of amides is 1. The zero-order valence-electron chi connectivity index (χ0n) is 20.7. The Morgan fingerprint density at radius 3 is 1.89 bits per heavy atom. The smallest absolute Gasteiger partial charge is 0.450 e. The van der Waals surface area contributed by atoms with Crippen molar-refractivity contribution >= 4 is 11.9 Å². The molecule has 0 heterocycles. The highest BCUT2D eigenvalue weighted by Crippen LogP contribution is 2.34. The van der Waals surface area contributed by atoms with E-state index in [2.05, 4.69) is 10.1 Å². The number of alkyl carbamates (subject to hydrolysis) is 1. The van der Waals surface area contributed by atoms with Crippen molar-refractivity contribution in [2.75, 3.05) is 6.61 Å². The van der Waals surface area contributed by atoms with Crippen LogP contribution in [0.5, 0.6) is 5.75 Å². The molecule has 1 atom stereocenters. The molecular weight excluding hydrogens is 509 g/mol. The van der Waals surface area contributed by atoms with E-state index in [0.717, 1.165) is 36.8 Å². The van der Waals surface area contributed by atoms with Crippen LogP contribution in [0.2, 0.25) is 0 Å². The van der Waals surface area contributed by atoms with Crippen molar-refractivity contribution in [1.82, 2.24) is 5.32 Å². The number of nitrogens with one attached hydrogen (secondary N) is 1. The predicted molar refractivity (Wildman–Crippen MR) is 131 cm³/mol. The van der Waals surface area contributed by atoms with Crippen LogP contribution in [0, 0.1) is 11.6 Å². The first kappa shape index (κ1) is 28.6. The minimum absolute atomic E-state index is 0.0642. The Morgan fingerprint density at radius 2 is 1.39 bits per heavy atom. The zero-order chi connectivity index (χ0) is 27.9. The molecule has 1 amide bonds. The van der Waals surface area contributed by atoms with E-state index in [1.54, 1.807) is 19.1 Å². The van der Waals surface area contributed by atoms with Gasteiger partial charge < -0.3 is 14.8 Å². The van der Waals surface area contributed by atoms with E-state index in [1.807, 2.05) is 6.92 Å². The number of Topliss-reactive ketones (excluding diaryl/α,β-unsaturated/α-hetero) is 1. The molecule has 1 N–H and O–H groups in total. The Kier molecular flexibility index (Phi) is 9.08. The van der Waals surface area contributed by atoms with E-state index >= 15 is 0 Å². The van der Waals surface area contributed by atoms with Crippen molar-refractivity contribution < 1.29 is 41.0 Å². The van der Waals surface area contributed by atoms with Gasteiger partial charge in [-0.05, 0) is 53.8 Å².